The molecule has 2 unspecified atom stereocenters. The van der Waals surface area contributed by atoms with E-state index in [2.05, 4.69) is 44.0 Å². The van der Waals surface area contributed by atoms with Crippen LogP contribution in [0.3, 0.4) is 0 Å². The van der Waals surface area contributed by atoms with Crippen LogP contribution >= 0.6 is 0 Å². The van der Waals surface area contributed by atoms with Crippen LogP contribution in [0.25, 0.3) is 0 Å². The molecule has 1 aromatic rings. The van der Waals surface area contributed by atoms with Crippen LogP contribution < -0.4 is 0 Å². The zero-order valence-corrected chi connectivity index (χ0v) is 13.9. The molecule has 0 fully saturated rings. The third kappa shape index (κ3) is 4.97. The van der Waals surface area contributed by atoms with Gasteiger partial charge in [0.1, 0.15) is 6.23 Å². The summed E-state index contributed by atoms with van der Waals surface area (Å²) in [5, 5.41) is 11.0. The summed E-state index contributed by atoms with van der Waals surface area (Å²) >= 11 is 0. The number of benzene rings is 1. The van der Waals surface area contributed by atoms with E-state index < -0.39 is 6.23 Å². The smallest absolute Gasteiger partial charge is 0.118 e. The first-order valence-corrected chi connectivity index (χ1v) is 8.11. The van der Waals surface area contributed by atoms with Crippen LogP contribution in [-0.2, 0) is 0 Å². The topological polar surface area (TPSA) is 23.5 Å². The molecular weight excluding hydrogens is 270 g/mol. The van der Waals surface area contributed by atoms with Crippen molar-refractivity contribution in [2.45, 2.75) is 38.8 Å². The summed E-state index contributed by atoms with van der Waals surface area (Å²) in [4.78, 5) is 2.13. The number of unbranched alkanes of at least 4 members (excludes halogenated alkanes) is 1. The van der Waals surface area contributed by atoms with Gasteiger partial charge in [0.15, 0.2) is 0 Å². The Kier molecular flexibility index (Phi) is 8.49. The van der Waals surface area contributed by atoms with Gasteiger partial charge in [0.05, 0.1) is 0 Å². The molecule has 1 aromatic carbocycles. The molecule has 0 spiro atoms. The lowest BCUT2D eigenvalue weighted by atomic mass is 9.88. The summed E-state index contributed by atoms with van der Waals surface area (Å²) in [6.07, 6.45) is 7.14. The van der Waals surface area contributed by atoms with Crippen LogP contribution in [-0.4, -0.2) is 29.3 Å². The maximum absolute atomic E-state index is 11.0. The van der Waals surface area contributed by atoms with E-state index in [0.29, 0.717) is 0 Å². The summed E-state index contributed by atoms with van der Waals surface area (Å²) in [5.74, 6) is -0.117. The fourth-order valence-corrected chi connectivity index (χ4v) is 2.68. The maximum atomic E-state index is 11.0. The predicted octanol–water partition coefficient (Wildman–Crippen LogP) is 4.51. The van der Waals surface area contributed by atoms with E-state index in [1.54, 1.807) is 6.08 Å². The highest BCUT2D eigenvalue weighted by Gasteiger charge is 2.27. The molecule has 22 heavy (non-hydrogen) atoms. The van der Waals surface area contributed by atoms with Crippen LogP contribution in [0.15, 0.2) is 67.3 Å². The lowest BCUT2D eigenvalue weighted by Gasteiger charge is -2.33. The van der Waals surface area contributed by atoms with Gasteiger partial charge in [0.25, 0.3) is 0 Å². The van der Waals surface area contributed by atoms with E-state index in [-0.39, 0.29) is 5.92 Å². The van der Waals surface area contributed by atoms with Crippen LogP contribution in [0.2, 0.25) is 0 Å². The number of hydrogen-bond donors (Lipinski definition) is 1. The number of allylic oxidation sites excluding steroid dienone is 3. The van der Waals surface area contributed by atoms with Crippen molar-refractivity contribution < 1.29 is 5.11 Å². The third-order valence-corrected chi connectivity index (χ3v) is 3.94. The van der Waals surface area contributed by atoms with E-state index in [4.69, 9.17) is 0 Å². The molecule has 2 atom stereocenters. The molecule has 2 heteroatoms. The third-order valence-electron chi connectivity index (χ3n) is 3.94. The summed E-state index contributed by atoms with van der Waals surface area (Å²) in [7, 11) is 0. The van der Waals surface area contributed by atoms with Gasteiger partial charge in [0, 0.05) is 12.5 Å². The first-order valence-electron chi connectivity index (χ1n) is 8.11. The van der Waals surface area contributed by atoms with Gasteiger partial charge in [-0.05, 0) is 24.1 Å². The zero-order chi connectivity index (χ0) is 16.4. The van der Waals surface area contributed by atoms with E-state index in [9.17, 15) is 5.11 Å². The van der Waals surface area contributed by atoms with Crippen molar-refractivity contribution in [2.75, 3.05) is 13.1 Å². The van der Waals surface area contributed by atoms with E-state index in [1.807, 2.05) is 30.4 Å². The molecule has 0 heterocycles. The summed E-state index contributed by atoms with van der Waals surface area (Å²) < 4.78 is 0. The average molecular weight is 299 g/mol. The highest BCUT2D eigenvalue weighted by molar-refractivity contribution is 5.37. The van der Waals surface area contributed by atoms with Crippen LogP contribution in [0.4, 0.5) is 0 Å². The van der Waals surface area contributed by atoms with Gasteiger partial charge < -0.3 is 5.11 Å². The van der Waals surface area contributed by atoms with Gasteiger partial charge in [-0.25, -0.2) is 0 Å². The molecule has 0 aromatic heterocycles. The maximum Gasteiger partial charge on any atom is 0.118 e. The van der Waals surface area contributed by atoms with Crippen LogP contribution in [0.1, 0.15) is 38.2 Å². The normalized spacial score (nSPS) is 14.6. The van der Waals surface area contributed by atoms with Crippen LogP contribution in [0, 0.1) is 0 Å². The number of aliphatic hydroxyl groups is 1. The Hall–Kier alpha value is -1.64. The van der Waals surface area contributed by atoms with Crippen molar-refractivity contribution in [3.05, 3.63) is 72.9 Å². The summed E-state index contributed by atoms with van der Waals surface area (Å²) in [6.45, 7) is 13.7. The highest BCUT2D eigenvalue weighted by Crippen LogP contribution is 2.30. The second kappa shape index (κ2) is 10.1. The van der Waals surface area contributed by atoms with E-state index >= 15 is 0 Å². The quantitative estimate of drug-likeness (QED) is 0.507. The van der Waals surface area contributed by atoms with Crippen LogP contribution in [0.5, 0.6) is 0 Å². The largest absolute Gasteiger partial charge is 0.377 e. The summed E-state index contributed by atoms with van der Waals surface area (Å²) in [5.41, 5.74) is 2.08. The monoisotopic (exact) mass is 299 g/mol. The standard InChI is InChI=1S/C20H29NO/c1-5-9-16-21(8-4)20(22)19(17(7-3)13-6-2)18-14-11-10-12-15-18/h6-7,10-15,19-20,22H,2-3,5,8-9,16H2,1,4H3. The molecule has 1 N–H and O–H groups in total. The molecule has 1 rings (SSSR count). The fraction of sp³-hybridized carbons (Fsp3) is 0.400. The molecule has 0 aliphatic rings. The zero-order valence-electron chi connectivity index (χ0n) is 13.9. The Balaban J connectivity index is 3.16. The van der Waals surface area contributed by atoms with Gasteiger partial charge in [-0.1, -0.05) is 82.0 Å². The van der Waals surface area contributed by atoms with Crippen molar-refractivity contribution in [3.8, 4) is 0 Å². The lowest BCUT2D eigenvalue weighted by molar-refractivity contribution is -0.00584. The van der Waals surface area contributed by atoms with Gasteiger partial charge in [-0.3, -0.25) is 4.90 Å². The predicted molar refractivity (Wildman–Crippen MR) is 95.8 cm³/mol. The van der Waals surface area contributed by atoms with Crippen molar-refractivity contribution >= 4 is 0 Å². The lowest BCUT2D eigenvalue weighted by Crippen LogP contribution is -2.40. The Labute approximate surface area is 135 Å². The van der Waals surface area contributed by atoms with Gasteiger partial charge in [-0.2, -0.15) is 0 Å². The highest BCUT2D eigenvalue weighted by atomic mass is 16.3. The molecule has 2 nitrogen and oxygen atoms in total. The van der Waals surface area contributed by atoms with E-state index in [1.165, 1.54) is 0 Å². The Morgan fingerprint density at radius 2 is 1.91 bits per heavy atom. The van der Waals surface area contributed by atoms with Gasteiger partial charge in [0.2, 0.25) is 0 Å². The van der Waals surface area contributed by atoms with Crippen molar-refractivity contribution in [1.82, 2.24) is 4.90 Å². The molecule has 0 radical (unpaired) electrons. The average Bonchev–Trinajstić information content (AvgIpc) is 2.56. The summed E-state index contributed by atoms with van der Waals surface area (Å²) in [6, 6.07) is 10.1. The number of hydrogen-bond acceptors (Lipinski definition) is 2. The minimum absolute atomic E-state index is 0.117. The number of nitrogens with zero attached hydrogens (tertiary/aromatic N) is 1. The van der Waals surface area contributed by atoms with Gasteiger partial charge >= 0.3 is 0 Å². The van der Waals surface area contributed by atoms with Crippen molar-refractivity contribution in [1.29, 1.82) is 0 Å². The number of likely N-dealkylation sites (N-methyl/N-ethyl adjacent to an activating group) is 1. The first kappa shape index (κ1) is 18.4. The fourth-order valence-electron chi connectivity index (χ4n) is 2.68. The molecular formula is C20H29NO. The minimum Gasteiger partial charge on any atom is -0.377 e. The molecule has 0 bridgehead atoms. The Bertz CT molecular complexity index is 478. The molecule has 0 saturated heterocycles. The number of aliphatic hydroxyl groups excluding tert-OH is 1. The van der Waals surface area contributed by atoms with Crippen molar-refractivity contribution in [2.24, 2.45) is 0 Å². The SMILES string of the molecule is C=CC=C(C=C)C(c1ccccc1)C(O)N(CC)CCCC. The molecule has 0 aliphatic heterocycles. The molecule has 0 aliphatic carbocycles. The second-order valence-corrected chi connectivity index (χ2v) is 5.39. The first-order chi connectivity index (χ1) is 10.7. The Morgan fingerprint density at radius 3 is 2.41 bits per heavy atom. The molecule has 120 valence electrons. The van der Waals surface area contributed by atoms with Crippen molar-refractivity contribution in [3.63, 3.8) is 0 Å². The van der Waals surface area contributed by atoms with Gasteiger partial charge in [-0.15, -0.1) is 0 Å². The molecule has 0 saturated carbocycles. The molecule has 0 amide bonds. The minimum atomic E-state index is -0.567. The second-order valence-electron chi connectivity index (χ2n) is 5.39. The van der Waals surface area contributed by atoms with E-state index in [0.717, 1.165) is 37.1 Å². The number of rotatable bonds is 10. The Morgan fingerprint density at radius 1 is 1.23 bits per heavy atom.